The van der Waals surface area contributed by atoms with Gasteiger partial charge in [0, 0.05) is 24.7 Å². The maximum Gasteiger partial charge on any atom is 0.140 e. The fourth-order valence-corrected chi connectivity index (χ4v) is 2.38. The maximum absolute atomic E-state index is 8.81. The number of aromatic nitrogens is 1. The van der Waals surface area contributed by atoms with E-state index in [1.807, 2.05) is 12.1 Å². The maximum atomic E-state index is 8.81. The third-order valence-corrected chi connectivity index (χ3v) is 3.53. The molecule has 1 aliphatic rings. The van der Waals surface area contributed by atoms with Crippen molar-refractivity contribution in [2.45, 2.75) is 24.9 Å². The molecule has 2 unspecified atom stereocenters. The summed E-state index contributed by atoms with van der Waals surface area (Å²) < 4.78 is 0. The van der Waals surface area contributed by atoms with Crippen LogP contribution in [0.1, 0.15) is 29.2 Å². The number of nitrogens with one attached hydrogen (secondary N) is 1. The number of benzene rings is 1. The van der Waals surface area contributed by atoms with Crippen LogP contribution in [-0.4, -0.2) is 11.0 Å². The van der Waals surface area contributed by atoms with Gasteiger partial charge in [0.2, 0.25) is 0 Å². The Morgan fingerprint density at radius 1 is 1.26 bits per heavy atom. The van der Waals surface area contributed by atoms with Crippen LogP contribution in [0.2, 0.25) is 0 Å². The lowest BCUT2D eigenvalue weighted by atomic mass is 10.1. The van der Waals surface area contributed by atoms with Crippen LogP contribution in [0.4, 0.5) is 0 Å². The summed E-state index contributed by atoms with van der Waals surface area (Å²) in [5.41, 5.74) is 3.01. The van der Waals surface area contributed by atoms with Gasteiger partial charge in [-0.1, -0.05) is 30.3 Å². The van der Waals surface area contributed by atoms with Crippen LogP contribution in [0, 0.1) is 11.3 Å². The van der Waals surface area contributed by atoms with E-state index in [0.29, 0.717) is 17.7 Å². The molecule has 2 aromatic rings. The predicted octanol–water partition coefficient (Wildman–Crippen LogP) is 2.60. The SMILES string of the molecule is N#Cc1cc(CNC2CC2c2ccccc2)ccn1. The number of hydrogen-bond acceptors (Lipinski definition) is 3. The molecule has 0 spiro atoms. The Kier molecular flexibility index (Phi) is 3.26. The molecule has 94 valence electrons. The third kappa shape index (κ3) is 2.81. The second-order valence-electron chi connectivity index (χ2n) is 4.90. The Morgan fingerprint density at radius 3 is 2.89 bits per heavy atom. The molecule has 19 heavy (non-hydrogen) atoms. The highest BCUT2D eigenvalue weighted by Crippen LogP contribution is 2.40. The molecule has 0 bridgehead atoms. The van der Waals surface area contributed by atoms with Gasteiger partial charge < -0.3 is 5.32 Å². The number of rotatable bonds is 4. The van der Waals surface area contributed by atoms with Crippen molar-refractivity contribution in [3.05, 3.63) is 65.5 Å². The van der Waals surface area contributed by atoms with E-state index in [1.54, 1.807) is 6.20 Å². The van der Waals surface area contributed by atoms with Crippen LogP contribution >= 0.6 is 0 Å². The molecule has 0 aliphatic heterocycles. The Labute approximate surface area is 112 Å². The summed E-state index contributed by atoms with van der Waals surface area (Å²) in [6.45, 7) is 0.797. The van der Waals surface area contributed by atoms with E-state index in [2.05, 4.69) is 46.7 Å². The monoisotopic (exact) mass is 249 g/mol. The van der Waals surface area contributed by atoms with Crippen molar-refractivity contribution in [1.29, 1.82) is 5.26 Å². The zero-order valence-corrected chi connectivity index (χ0v) is 10.6. The second-order valence-corrected chi connectivity index (χ2v) is 4.90. The minimum Gasteiger partial charge on any atom is -0.309 e. The second kappa shape index (κ2) is 5.21. The molecule has 2 atom stereocenters. The van der Waals surface area contributed by atoms with Crippen LogP contribution in [0.5, 0.6) is 0 Å². The molecule has 3 nitrogen and oxygen atoms in total. The van der Waals surface area contributed by atoms with Gasteiger partial charge in [-0.2, -0.15) is 5.26 Å². The van der Waals surface area contributed by atoms with Crippen LogP contribution in [0.3, 0.4) is 0 Å². The quantitative estimate of drug-likeness (QED) is 0.906. The highest BCUT2D eigenvalue weighted by Gasteiger charge is 2.37. The average Bonchev–Trinajstić information content (AvgIpc) is 3.26. The summed E-state index contributed by atoms with van der Waals surface area (Å²) in [5, 5.41) is 12.3. The molecule has 0 amide bonds. The summed E-state index contributed by atoms with van der Waals surface area (Å²) in [4.78, 5) is 3.97. The molecule has 3 rings (SSSR count). The van der Waals surface area contributed by atoms with Crippen LogP contribution in [-0.2, 0) is 6.54 Å². The molecule has 0 radical (unpaired) electrons. The first kappa shape index (κ1) is 11.9. The van der Waals surface area contributed by atoms with Crippen molar-refractivity contribution >= 4 is 0 Å². The fraction of sp³-hybridized carbons (Fsp3) is 0.250. The molecule has 1 aromatic heterocycles. The first-order chi connectivity index (χ1) is 9.36. The highest BCUT2D eigenvalue weighted by molar-refractivity contribution is 5.29. The lowest BCUT2D eigenvalue weighted by Crippen LogP contribution is -2.17. The van der Waals surface area contributed by atoms with Gasteiger partial charge >= 0.3 is 0 Å². The highest BCUT2D eigenvalue weighted by atomic mass is 15.0. The molecular formula is C16H15N3. The van der Waals surface area contributed by atoms with Crippen molar-refractivity contribution in [3.63, 3.8) is 0 Å². The van der Waals surface area contributed by atoms with Gasteiger partial charge in [0.1, 0.15) is 11.8 Å². The van der Waals surface area contributed by atoms with E-state index >= 15 is 0 Å². The van der Waals surface area contributed by atoms with Crippen molar-refractivity contribution in [2.24, 2.45) is 0 Å². The normalized spacial score (nSPS) is 20.8. The topological polar surface area (TPSA) is 48.7 Å². The largest absolute Gasteiger partial charge is 0.309 e. The van der Waals surface area contributed by atoms with Gasteiger partial charge in [0.05, 0.1) is 0 Å². The fourth-order valence-electron chi connectivity index (χ4n) is 2.38. The van der Waals surface area contributed by atoms with E-state index in [9.17, 15) is 0 Å². The molecule has 1 aromatic carbocycles. The van der Waals surface area contributed by atoms with Crippen molar-refractivity contribution in [3.8, 4) is 6.07 Å². The van der Waals surface area contributed by atoms with Crippen molar-refractivity contribution in [2.75, 3.05) is 0 Å². The van der Waals surface area contributed by atoms with Gasteiger partial charge in [0.25, 0.3) is 0 Å². The minimum atomic E-state index is 0.481. The Morgan fingerprint density at radius 2 is 2.11 bits per heavy atom. The van der Waals surface area contributed by atoms with Gasteiger partial charge in [-0.05, 0) is 29.7 Å². The average molecular weight is 249 g/mol. The molecule has 1 fully saturated rings. The van der Waals surface area contributed by atoms with Crippen LogP contribution in [0.15, 0.2) is 48.7 Å². The summed E-state index contributed by atoms with van der Waals surface area (Å²) in [5.74, 6) is 0.637. The molecular weight excluding hydrogens is 234 g/mol. The van der Waals surface area contributed by atoms with Gasteiger partial charge in [-0.15, -0.1) is 0 Å². The third-order valence-electron chi connectivity index (χ3n) is 3.53. The first-order valence-corrected chi connectivity index (χ1v) is 6.50. The lowest BCUT2D eigenvalue weighted by Gasteiger charge is -2.04. The van der Waals surface area contributed by atoms with Crippen LogP contribution in [0.25, 0.3) is 0 Å². The van der Waals surface area contributed by atoms with Crippen molar-refractivity contribution in [1.82, 2.24) is 10.3 Å². The van der Waals surface area contributed by atoms with Gasteiger partial charge in [-0.25, -0.2) is 4.98 Å². The molecule has 1 heterocycles. The molecule has 1 N–H and O–H groups in total. The predicted molar refractivity (Wildman–Crippen MR) is 73.4 cm³/mol. The summed E-state index contributed by atoms with van der Waals surface area (Å²) >= 11 is 0. The molecule has 3 heteroatoms. The zero-order chi connectivity index (χ0) is 13.1. The van der Waals surface area contributed by atoms with E-state index < -0.39 is 0 Å². The minimum absolute atomic E-state index is 0.481. The van der Waals surface area contributed by atoms with E-state index in [4.69, 9.17) is 5.26 Å². The van der Waals surface area contributed by atoms with E-state index in [-0.39, 0.29) is 0 Å². The number of pyridine rings is 1. The zero-order valence-electron chi connectivity index (χ0n) is 10.6. The van der Waals surface area contributed by atoms with E-state index in [0.717, 1.165) is 12.1 Å². The molecule has 1 aliphatic carbocycles. The Balaban J connectivity index is 1.56. The standard InChI is InChI=1S/C16H15N3/c17-10-14-8-12(6-7-18-14)11-19-16-9-15(16)13-4-2-1-3-5-13/h1-8,15-16,19H,9,11H2. The smallest absolute Gasteiger partial charge is 0.140 e. The lowest BCUT2D eigenvalue weighted by molar-refractivity contribution is 0.672. The van der Waals surface area contributed by atoms with Gasteiger partial charge in [0.15, 0.2) is 0 Å². The molecule has 0 saturated heterocycles. The van der Waals surface area contributed by atoms with Gasteiger partial charge in [-0.3, -0.25) is 0 Å². The Bertz CT molecular complexity index is 601. The Hall–Kier alpha value is -2.18. The summed E-state index contributed by atoms with van der Waals surface area (Å²) in [6, 6.07) is 17.0. The number of nitrogens with zero attached hydrogens (tertiary/aromatic N) is 2. The first-order valence-electron chi connectivity index (χ1n) is 6.50. The van der Waals surface area contributed by atoms with Crippen LogP contribution < -0.4 is 5.32 Å². The number of nitriles is 1. The van der Waals surface area contributed by atoms with Crippen molar-refractivity contribution < 1.29 is 0 Å². The number of hydrogen-bond donors (Lipinski definition) is 1. The summed E-state index contributed by atoms with van der Waals surface area (Å²) in [6.07, 6.45) is 2.89. The molecule has 1 saturated carbocycles. The van der Waals surface area contributed by atoms with E-state index in [1.165, 1.54) is 12.0 Å². The summed E-state index contributed by atoms with van der Waals surface area (Å²) in [7, 11) is 0.